The number of ether oxygens (including phenoxy) is 4. The van der Waals surface area contributed by atoms with Gasteiger partial charge in [-0.25, -0.2) is 13.4 Å². The third-order valence-corrected chi connectivity index (χ3v) is 13.3. The molecule has 1 aromatic carbocycles. The van der Waals surface area contributed by atoms with Crippen LogP contribution in [0.15, 0.2) is 36.5 Å². The number of aromatic nitrogens is 1. The summed E-state index contributed by atoms with van der Waals surface area (Å²) >= 11 is 0. The molecule has 2 amide bonds. The lowest BCUT2D eigenvalue weighted by atomic mass is 9.82. The summed E-state index contributed by atoms with van der Waals surface area (Å²) in [6.45, 7) is 7.36. The van der Waals surface area contributed by atoms with Crippen molar-refractivity contribution in [2.24, 2.45) is 29.1 Å². The molecule has 1 aromatic heterocycles. The van der Waals surface area contributed by atoms with Gasteiger partial charge in [0.2, 0.25) is 27.7 Å². The summed E-state index contributed by atoms with van der Waals surface area (Å²) in [6, 6.07) is 3.22. The summed E-state index contributed by atoms with van der Waals surface area (Å²) in [6.07, 6.45) is 2.92. The Hall–Kier alpha value is -4.34. The number of Topliss-reactive ketones (excluding diaryl/α,β-unsaturated/α-hetero) is 1. The molecule has 2 aliphatic carbocycles. The van der Waals surface area contributed by atoms with Crippen LogP contribution in [0.5, 0.6) is 17.4 Å². The SMILES string of the molecule is CC(C)OC(=O)C[C@@H]1C(=O)N2C[C@H](Oc3nccc4c5c(ccc34)OC(F)(F)O5)C[C@H]2C(=O)C[C@]2(C(=O)NS(=O)(=O)C3CC3)C[C@H]2/C=C\CC[C@@H](C)C[C@H]1C. The van der Waals surface area contributed by atoms with Gasteiger partial charge in [0.05, 0.1) is 41.7 Å². The van der Waals surface area contributed by atoms with E-state index >= 15 is 0 Å². The van der Waals surface area contributed by atoms with Crippen LogP contribution < -0.4 is 18.9 Å². The van der Waals surface area contributed by atoms with E-state index in [1.165, 1.54) is 29.3 Å². The zero-order valence-electron chi connectivity index (χ0n) is 31.3. The molecule has 2 saturated carbocycles. The van der Waals surface area contributed by atoms with E-state index in [2.05, 4.69) is 21.4 Å². The molecule has 55 heavy (non-hydrogen) atoms. The first kappa shape index (κ1) is 38.9. The first-order valence-electron chi connectivity index (χ1n) is 19.1. The summed E-state index contributed by atoms with van der Waals surface area (Å²) in [7, 11) is -3.90. The number of sulfonamides is 1. The third-order valence-electron chi connectivity index (χ3n) is 11.5. The Balaban J connectivity index is 1.22. The van der Waals surface area contributed by atoms with E-state index in [-0.39, 0.29) is 72.7 Å². The molecule has 3 aliphatic heterocycles. The molecule has 2 aromatic rings. The maximum Gasteiger partial charge on any atom is 0.586 e. The standard InChI is InChI=1S/C39H47F2N3O10S/c1-21(2)51-33(46)17-29-23(4)15-22(3)7-5-6-8-24-18-38(24,37(48)43-55(49,50)26-9-10-26)19-31(45)30-16-25(20-44(30)36(29)47)52-35-28-11-12-32-34(27(28)13-14-42-35)54-39(40,41)53-32/h6,8,11-14,21-26,29-30H,5,7,9-10,15-20H2,1-4H3,(H,43,48)/b8-6-/t22-,23-,24-,25-,29+,30+,38-/m1/s1. The Labute approximate surface area is 318 Å². The number of rotatable bonds is 8. The lowest BCUT2D eigenvalue weighted by molar-refractivity contribution is -0.286. The van der Waals surface area contributed by atoms with Crippen molar-refractivity contribution in [1.29, 1.82) is 0 Å². The summed E-state index contributed by atoms with van der Waals surface area (Å²) in [4.78, 5) is 61.9. The van der Waals surface area contributed by atoms with Crippen molar-refractivity contribution in [3.05, 3.63) is 36.5 Å². The second-order valence-electron chi connectivity index (χ2n) is 16.2. The van der Waals surface area contributed by atoms with Gasteiger partial charge in [-0.3, -0.25) is 23.9 Å². The highest BCUT2D eigenvalue weighted by atomic mass is 32.2. The maximum atomic E-state index is 14.7. The number of nitrogens with zero attached hydrogens (tertiary/aromatic N) is 2. The Morgan fingerprint density at radius 3 is 2.56 bits per heavy atom. The number of nitrogens with one attached hydrogen (secondary N) is 1. The predicted molar refractivity (Wildman–Crippen MR) is 193 cm³/mol. The van der Waals surface area contributed by atoms with Crippen LogP contribution in [0.25, 0.3) is 10.8 Å². The van der Waals surface area contributed by atoms with E-state index in [1.54, 1.807) is 13.8 Å². The minimum Gasteiger partial charge on any atom is -0.472 e. The number of hydrogen-bond donors (Lipinski definition) is 1. The Kier molecular flexibility index (Phi) is 10.3. The molecule has 0 unspecified atom stereocenters. The molecule has 1 N–H and O–H groups in total. The first-order chi connectivity index (χ1) is 26.0. The van der Waals surface area contributed by atoms with Gasteiger partial charge in [-0.1, -0.05) is 26.0 Å². The molecule has 298 valence electrons. The van der Waals surface area contributed by atoms with Gasteiger partial charge in [0.15, 0.2) is 17.3 Å². The second kappa shape index (κ2) is 14.6. The van der Waals surface area contributed by atoms with Crippen molar-refractivity contribution >= 4 is 44.4 Å². The minimum atomic E-state index is -3.90. The Morgan fingerprint density at radius 2 is 1.84 bits per heavy atom. The van der Waals surface area contributed by atoms with Crippen LogP contribution in [0.1, 0.15) is 85.5 Å². The van der Waals surface area contributed by atoms with E-state index in [0.717, 1.165) is 6.42 Å². The van der Waals surface area contributed by atoms with Gasteiger partial charge < -0.3 is 23.8 Å². The lowest BCUT2D eigenvalue weighted by Crippen LogP contribution is -2.47. The first-order valence-corrected chi connectivity index (χ1v) is 20.6. The smallest absolute Gasteiger partial charge is 0.472 e. The number of benzene rings is 1. The van der Waals surface area contributed by atoms with E-state index in [4.69, 9.17) is 14.2 Å². The zero-order valence-corrected chi connectivity index (χ0v) is 32.1. The molecule has 0 bridgehead atoms. The number of esters is 1. The second-order valence-corrected chi connectivity index (χ2v) is 18.2. The summed E-state index contributed by atoms with van der Waals surface area (Å²) < 4.78 is 77.1. The number of amides is 2. The summed E-state index contributed by atoms with van der Waals surface area (Å²) in [5, 5.41) is -0.0449. The normalized spacial score (nSPS) is 31.2. The van der Waals surface area contributed by atoms with Crippen LogP contribution in [0.4, 0.5) is 8.78 Å². The number of allylic oxidation sites excluding steroid dienone is 2. The highest BCUT2D eigenvalue weighted by Crippen LogP contribution is 2.57. The topological polar surface area (TPSA) is 168 Å². The Bertz CT molecular complexity index is 2020. The van der Waals surface area contributed by atoms with Gasteiger partial charge in [-0.15, -0.1) is 8.78 Å². The molecule has 16 heteroatoms. The number of fused-ring (bicyclic) bond motifs is 5. The van der Waals surface area contributed by atoms with Crippen molar-refractivity contribution in [2.75, 3.05) is 6.54 Å². The third kappa shape index (κ3) is 8.15. The molecule has 4 heterocycles. The number of carbonyl (C=O) groups is 4. The molecule has 5 aliphatic rings. The van der Waals surface area contributed by atoms with Crippen LogP contribution in [0.3, 0.4) is 0 Å². The van der Waals surface area contributed by atoms with Gasteiger partial charge in [0.1, 0.15) is 6.10 Å². The minimum absolute atomic E-state index is 0.00220. The van der Waals surface area contributed by atoms with Gasteiger partial charge >= 0.3 is 12.3 Å². The van der Waals surface area contributed by atoms with Crippen LogP contribution in [-0.4, -0.2) is 78.2 Å². The largest absolute Gasteiger partial charge is 0.586 e. The van der Waals surface area contributed by atoms with Gasteiger partial charge in [0.25, 0.3) is 0 Å². The number of halogens is 2. The Morgan fingerprint density at radius 1 is 1.07 bits per heavy atom. The van der Waals surface area contributed by atoms with E-state index in [1.807, 2.05) is 19.1 Å². The molecule has 7 atom stereocenters. The van der Waals surface area contributed by atoms with Gasteiger partial charge in [-0.2, -0.15) is 0 Å². The van der Waals surface area contributed by atoms with E-state index < -0.39 is 74.7 Å². The van der Waals surface area contributed by atoms with Crippen molar-refractivity contribution in [2.45, 2.75) is 115 Å². The van der Waals surface area contributed by atoms with Crippen LogP contribution in [0.2, 0.25) is 0 Å². The quantitative estimate of drug-likeness (QED) is 0.267. The van der Waals surface area contributed by atoms with Crippen molar-refractivity contribution in [3.8, 4) is 17.4 Å². The van der Waals surface area contributed by atoms with Crippen molar-refractivity contribution in [1.82, 2.24) is 14.6 Å². The number of alkyl halides is 2. The molecule has 1 saturated heterocycles. The van der Waals surface area contributed by atoms with Gasteiger partial charge in [-0.05, 0) is 88.3 Å². The number of carbonyl (C=O) groups excluding carboxylic acids is 4. The van der Waals surface area contributed by atoms with Crippen molar-refractivity contribution in [3.63, 3.8) is 0 Å². The summed E-state index contributed by atoms with van der Waals surface area (Å²) in [5.41, 5.74) is -1.32. The highest BCUT2D eigenvalue weighted by molar-refractivity contribution is 7.90. The summed E-state index contributed by atoms with van der Waals surface area (Å²) in [5.74, 6) is -3.74. The maximum absolute atomic E-state index is 14.7. The predicted octanol–water partition coefficient (Wildman–Crippen LogP) is 5.45. The van der Waals surface area contributed by atoms with E-state index in [0.29, 0.717) is 31.1 Å². The fraction of sp³-hybridized carbons (Fsp3) is 0.615. The fourth-order valence-electron chi connectivity index (χ4n) is 8.36. The molecule has 0 spiro atoms. The average molecular weight is 788 g/mol. The number of ketones is 1. The van der Waals surface area contributed by atoms with Crippen molar-refractivity contribution < 1.29 is 55.3 Å². The molecule has 0 radical (unpaired) electrons. The van der Waals surface area contributed by atoms with Crippen LogP contribution in [0, 0.1) is 29.1 Å². The fourth-order valence-corrected chi connectivity index (χ4v) is 9.75. The molecule has 13 nitrogen and oxygen atoms in total. The highest BCUT2D eigenvalue weighted by Gasteiger charge is 2.62. The van der Waals surface area contributed by atoms with Gasteiger partial charge in [0, 0.05) is 29.8 Å². The number of pyridine rings is 1. The van der Waals surface area contributed by atoms with E-state index in [9.17, 15) is 36.4 Å². The van der Waals surface area contributed by atoms with Crippen LogP contribution >= 0.6 is 0 Å². The van der Waals surface area contributed by atoms with Crippen LogP contribution in [-0.2, 0) is 33.9 Å². The molecular weight excluding hydrogens is 741 g/mol. The molecule has 3 fully saturated rings. The number of hydrogen-bond acceptors (Lipinski definition) is 11. The lowest BCUT2D eigenvalue weighted by Gasteiger charge is -2.32. The zero-order chi connectivity index (χ0) is 39.4. The molecular formula is C39H47F2N3O10S. The monoisotopic (exact) mass is 787 g/mol. The average Bonchev–Trinajstić information content (AvgIpc) is 4.00. The molecule has 7 rings (SSSR count).